The first kappa shape index (κ1) is 18.5. The number of hydrogen-bond acceptors (Lipinski definition) is 2. The number of rotatable bonds is 1. The molecule has 0 atom stereocenters. The highest BCUT2D eigenvalue weighted by Gasteiger charge is 2.52. The monoisotopic (exact) mass is 316 g/mol. The molecule has 0 amide bonds. The topological polar surface area (TPSA) is 18.5 Å². The third kappa shape index (κ3) is 3.51. The van der Waals surface area contributed by atoms with Gasteiger partial charge in [0.15, 0.2) is 0 Å². The van der Waals surface area contributed by atoms with E-state index in [1.54, 1.807) is 0 Å². The Labute approximate surface area is 143 Å². The molecule has 1 aromatic rings. The average Bonchev–Trinajstić information content (AvgIpc) is 2.55. The van der Waals surface area contributed by atoms with Crippen molar-refractivity contribution in [2.24, 2.45) is 0 Å². The molecule has 1 heterocycles. The summed E-state index contributed by atoms with van der Waals surface area (Å²) in [5.41, 5.74) is 3.31. The van der Waals surface area contributed by atoms with Crippen LogP contribution >= 0.6 is 0 Å². The van der Waals surface area contributed by atoms with E-state index in [4.69, 9.17) is 9.31 Å². The van der Waals surface area contributed by atoms with Crippen LogP contribution in [0.1, 0.15) is 80.4 Å². The summed E-state index contributed by atoms with van der Waals surface area (Å²) in [6, 6.07) is 6.78. The van der Waals surface area contributed by atoms with Gasteiger partial charge in [-0.3, -0.25) is 0 Å². The van der Waals surface area contributed by atoms with Gasteiger partial charge in [-0.25, -0.2) is 0 Å². The summed E-state index contributed by atoms with van der Waals surface area (Å²) in [6.45, 7) is 21.9. The Hall–Kier alpha value is -0.795. The second kappa shape index (κ2) is 5.36. The van der Waals surface area contributed by atoms with E-state index < -0.39 is 0 Å². The first-order valence-corrected chi connectivity index (χ1v) is 8.66. The van der Waals surface area contributed by atoms with E-state index in [9.17, 15) is 0 Å². The Kier molecular flexibility index (Phi) is 4.32. The molecule has 1 fully saturated rings. The summed E-state index contributed by atoms with van der Waals surface area (Å²) in [5, 5.41) is 0. The van der Waals surface area contributed by atoms with Gasteiger partial charge < -0.3 is 9.31 Å². The van der Waals surface area contributed by atoms with Crippen LogP contribution in [0.4, 0.5) is 0 Å². The van der Waals surface area contributed by atoms with Crippen molar-refractivity contribution in [2.75, 3.05) is 0 Å². The first-order valence-electron chi connectivity index (χ1n) is 8.66. The number of hydrogen-bond donors (Lipinski definition) is 0. The highest BCUT2D eigenvalue weighted by molar-refractivity contribution is 6.62. The molecule has 0 radical (unpaired) electrons. The smallest absolute Gasteiger partial charge is 0.399 e. The second-order valence-electron chi connectivity index (χ2n) is 9.89. The zero-order chi connectivity index (χ0) is 17.8. The quantitative estimate of drug-likeness (QED) is 0.706. The van der Waals surface area contributed by atoms with Crippen molar-refractivity contribution >= 4 is 12.6 Å². The maximum atomic E-state index is 6.33. The Morgan fingerprint density at radius 3 is 1.65 bits per heavy atom. The third-order valence-electron chi connectivity index (χ3n) is 5.23. The lowest BCUT2D eigenvalue weighted by molar-refractivity contribution is 0.00578. The molecular formula is C20H33BO2. The van der Waals surface area contributed by atoms with Crippen LogP contribution < -0.4 is 5.46 Å². The van der Waals surface area contributed by atoms with E-state index in [-0.39, 0.29) is 29.2 Å². The predicted octanol–water partition coefficient (Wildman–Crippen LogP) is 4.58. The molecule has 128 valence electrons. The molecule has 3 heteroatoms. The SMILES string of the molecule is CC(C)(C)c1ccc(C(C)(C)C)c(B2OC(C)(C)C(C)(C)O2)c1. The lowest BCUT2D eigenvalue weighted by Crippen LogP contribution is -2.41. The predicted molar refractivity (Wildman–Crippen MR) is 99.6 cm³/mol. The maximum absolute atomic E-state index is 6.33. The number of benzene rings is 1. The van der Waals surface area contributed by atoms with E-state index in [1.165, 1.54) is 16.6 Å². The van der Waals surface area contributed by atoms with Crippen LogP contribution in [-0.4, -0.2) is 18.3 Å². The van der Waals surface area contributed by atoms with E-state index in [1.807, 2.05) is 0 Å². The van der Waals surface area contributed by atoms with Crippen LogP contribution in [0, 0.1) is 0 Å². The summed E-state index contributed by atoms with van der Waals surface area (Å²) in [5.74, 6) is 0. The summed E-state index contributed by atoms with van der Waals surface area (Å²) >= 11 is 0. The normalized spacial score (nSPS) is 20.9. The largest absolute Gasteiger partial charge is 0.495 e. The van der Waals surface area contributed by atoms with E-state index in [2.05, 4.69) is 87.4 Å². The minimum Gasteiger partial charge on any atom is -0.399 e. The van der Waals surface area contributed by atoms with E-state index in [0.717, 1.165) is 0 Å². The van der Waals surface area contributed by atoms with Crippen molar-refractivity contribution in [2.45, 2.75) is 91.3 Å². The van der Waals surface area contributed by atoms with Crippen LogP contribution in [0.25, 0.3) is 0 Å². The molecule has 1 aromatic carbocycles. The molecule has 2 rings (SSSR count). The molecule has 1 saturated heterocycles. The standard InChI is InChI=1S/C20H33BO2/c1-17(2,3)14-11-12-15(18(4,5)6)16(13-14)21-22-19(7,8)20(9,10)23-21/h11-13H,1-10H3. The van der Waals surface area contributed by atoms with Gasteiger partial charge in [0.05, 0.1) is 11.2 Å². The van der Waals surface area contributed by atoms with Crippen molar-refractivity contribution in [1.29, 1.82) is 0 Å². The van der Waals surface area contributed by atoms with Crippen LogP contribution in [0.3, 0.4) is 0 Å². The minimum atomic E-state index is -0.315. The van der Waals surface area contributed by atoms with Gasteiger partial charge in [0.25, 0.3) is 0 Å². The zero-order valence-electron chi connectivity index (χ0n) is 16.6. The van der Waals surface area contributed by atoms with Crippen molar-refractivity contribution in [3.05, 3.63) is 29.3 Å². The molecular weight excluding hydrogens is 283 g/mol. The fraction of sp³-hybridized carbons (Fsp3) is 0.700. The Morgan fingerprint density at radius 1 is 0.783 bits per heavy atom. The average molecular weight is 316 g/mol. The van der Waals surface area contributed by atoms with Crippen LogP contribution in [-0.2, 0) is 20.1 Å². The van der Waals surface area contributed by atoms with Crippen LogP contribution in [0.5, 0.6) is 0 Å². The minimum absolute atomic E-state index is 0.0509. The molecule has 23 heavy (non-hydrogen) atoms. The molecule has 1 aliphatic heterocycles. The Bertz CT molecular complexity index is 573. The van der Waals surface area contributed by atoms with Gasteiger partial charge in [0, 0.05) is 0 Å². The zero-order valence-corrected chi connectivity index (χ0v) is 16.6. The highest BCUT2D eigenvalue weighted by atomic mass is 16.7. The summed E-state index contributed by atoms with van der Waals surface area (Å²) in [6.07, 6.45) is 0. The molecule has 0 spiro atoms. The molecule has 0 bridgehead atoms. The first-order chi connectivity index (χ1) is 10.2. The summed E-state index contributed by atoms with van der Waals surface area (Å²) in [4.78, 5) is 0. The van der Waals surface area contributed by atoms with Crippen molar-refractivity contribution in [1.82, 2.24) is 0 Å². The van der Waals surface area contributed by atoms with Gasteiger partial charge in [-0.15, -0.1) is 0 Å². The van der Waals surface area contributed by atoms with Gasteiger partial charge in [0.2, 0.25) is 0 Å². The Morgan fingerprint density at radius 2 is 1.26 bits per heavy atom. The fourth-order valence-electron chi connectivity index (χ4n) is 2.88. The molecule has 0 aromatic heterocycles. The maximum Gasteiger partial charge on any atom is 0.495 e. The van der Waals surface area contributed by atoms with Crippen LogP contribution in [0.15, 0.2) is 18.2 Å². The second-order valence-corrected chi connectivity index (χ2v) is 9.89. The van der Waals surface area contributed by atoms with Gasteiger partial charge in [-0.05, 0) is 55.1 Å². The lowest BCUT2D eigenvalue weighted by atomic mass is 9.67. The Balaban J connectivity index is 2.56. The lowest BCUT2D eigenvalue weighted by Gasteiger charge is -2.32. The fourth-order valence-corrected chi connectivity index (χ4v) is 2.88. The molecule has 1 aliphatic rings. The molecule has 0 N–H and O–H groups in total. The van der Waals surface area contributed by atoms with Gasteiger partial charge in [0.1, 0.15) is 0 Å². The van der Waals surface area contributed by atoms with Crippen molar-refractivity contribution in [3.8, 4) is 0 Å². The van der Waals surface area contributed by atoms with E-state index >= 15 is 0 Å². The molecule has 0 saturated carbocycles. The highest BCUT2D eigenvalue weighted by Crippen LogP contribution is 2.38. The molecule has 0 unspecified atom stereocenters. The van der Waals surface area contributed by atoms with Crippen molar-refractivity contribution in [3.63, 3.8) is 0 Å². The third-order valence-corrected chi connectivity index (χ3v) is 5.23. The molecule has 0 aliphatic carbocycles. The van der Waals surface area contributed by atoms with Gasteiger partial charge >= 0.3 is 7.12 Å². The molecule has 2 nitrogen and oxygen atoms in total. The van der Waals surface area contributed by atoms with Gasteiger partial charge in [-0.1, -0.05) is 59.7 Å². The van der Waals surface area contributed by atoms with Crippen molar-refractivity contribution < 1.29 is 9.31 Å². The van der Waals surface area contributed by atoms with Gasteiger partial charge in [-0.2, -0.15) is 0 Å². The summed E-state index contributed by atoms with van der Waals surface area (Å²) in [7, 11) is -0.309. The van der Waals surface area contributed by atoms with Crippen LogP contribution in [0.2, 0.25) is 0 Å². The van der Waals surface area contributed by atoms with E-state index in [0.29, 0.717) is 0 Å². The summed E-state index contributed by atoms with van der Waals surface area (Å²) < 4.78 is 12.7.